The fourth-order valence-electron chi connectivity index (χ4n) is 5.63. The van der Waals surface area contributed by atoms with Gasteiger partial charge in [0, 0.05) is 31.0 Å². The second-order valence-corrected chi connectivity index (χ2v) is 9.04. The van der Waals surface area contributed by atoms with Crippen LogP contribution in [0.4, 0.5) is 0 Å². The summed E-state index contributed by atoms with van der Waals surface area (Å²) >= 11 is 0. The summed E-state index contributed by atoms with van der Waals surface area (Å²) in [6.07, 6.45) is 11.3. The minimum Gasteiger partial charge on any atom is -0.350 e. The van der Waals surface area contributed by atoms with Crippen molar-refractivity contribution in [2.24, 2.45) is 11.3 Å². The summed E-state index contributed by atoms with van der Waals surface area (Å²) in [5.74, 6) is 0.921. The number of carbonyl (C=O) groups is 2. The maximum atomic E-state index is 12.9. The molecule has 3 aliphatic rings. The van der Waals surface area contributed by atoms with E-state index in [1.807, 2.05) is 6.92 Å². The highest BCUT2D eigenvalue weighted by atomic mass is 16.2. The van der Waals surface area contributed by atoms with Crippen molar-refractivity contribution in [3.8, 4) is 0 Å². The van der Waals surface area contributed by atoms with Gasteiger partial charge >= 0.3 is 0 Å². The molecule has 2 aliphatic carbocycles. The van der Waals surface area contributed by atoms with Crippen LogP contribution in [0.1, 0.15) is 80.4 Å². The van der Waals surface area contributed by atoms with Gasteiger partial charge in [0.1, 0.15) is 0 Å². The fraction of sp³-hybridized carbons (Fsp3) is 0.727. The molecule has 1 saturated heterocycles. The van der Waals surface area contributed by atoms with Crippen LogP contribution in [-0.4, -0.2) is 46.0 Å². The summed E-state index contributed by atoms with van der Waals surface area (Å²) in [6.45, 7) is 3.32. The van der Waals surface area contributed by atoms with E-state index in [2.05, 4.69) is 20.4 Å². The van der Waals surface area contributed by atoms with Crippen LogP contribution in [-0.2, 0) is 4.79 Å². The minimum atomic E-state index is -0.168. The molecule has 28 heavy (non-hydrogen) atoms. The number of hydrogen-bond acceptors (Lipinski definition) is 4. The van der Waals surface area contributed by atoms with E-state index in [1.54, 1.807) is 12.1 Å². The highest BCUT2D eigenvalue weighted by molar-refractivity contribution is 5.92. The Balaban J connectivity index is 1.34. The standard InChI is InChI=1S/C22H32N4O2/c1-16-8-10-18(25-24-16)21(28)23-15-22-12-4-7-19(22)26(14-13-22)20(27)11-9-17-5-2-3-6-17/h8,10,17,19H,2-7,9,11-15H2,1H3,(H,23,28)/t19-,22-/m1/s1. The predicted octanol–water partition coefficient (Wildman–Crippen LogP) is 3.26. The zero-order valence-electron chi connectivity index (χ0n) is 17.0. The lowest BCUT2D eigenvalue weighted by Crippen LogP contribution is -2.45. The first-order valence-corrected chi connectivity index (χ1v) is 11.0. The van der Waals surface area contributed by atoms with Gasteiger partial charge in [-0.1, -0.05) is 32.1 Å². The van der Waals surface area contributed by atoms with Gasteiger partial charge in [0.15, 0.2) is 5.69 Å². The summed E-state index contributed by atoms with van der Waals surface area (Å²) < 4.78 is 0. The van der Waals surface area contributed by atoms with Crippen LogP contribution in [0.25, 0.3) is 0 Å². The van der Waals surface area contributed by atoms with Crippen molar-refractivity contribution in [3.05, 3.63) is 23.5 Å². The Bertz CT molecular complexity index is 714. The van der Waals surface area contributed by atoms with E-state index in [1.165, 1.54) is 25.7 Å². The van der Waals surface area contributed by atoms with Gasteiger partial charge in [-0.05, 0) is 50.7 Å². The first-order valence-electron chi connectivity index (χ1n) is 11.0. The van der Waals surface area contributed by atoms with Crippen molar-refractivity contribution in [3.63, 3.8) is 0 Å². The molecule has 2 amide bonds. The summed E-state index contributed by atoms with van der Waals surface area (Å²) in [5.41, 5.74) is 1.20. The first-order chi connectivity index (χ1) is 13.6. The first kappa shape index (κ1) is 19.3. The molecule has 6 nitrogen and oxygen atoms in total. The van der Waals surface area contributed by atoms with E-state index >= 15 is 0 Å². The van der Waals surface area contributed by atoms with Crippen LogP contribution in [0.15, 0.2) is 12.1 Å². The highest BCUT2D eigenvalue weighted by Crippen LogP contribution is 2.48. The van der Waals surface area contributed by atoms with Crippen LogP contribution >= 0.6 is 0 Å². The highest BCUT2D eigenvalue weighted by Gasteiger charge is 2.51. The third-order valence-electron chi connectivity index (χ3n) is 7.28. The Morgan fingerprint density at radius 2 is 1.96 bits per heavy atom. The van der Waals surface area contributed by atoms with Crippen molar-refractivity contribution >= 4 is 11.8 Å². The minimum absolute atomic E-state index is 0.0385. The number of fused-ring (bicyclic) bond motifs is 1. The quantitative estimate of drug-likeness (QED) is 0.817. The van der Waals surface area contributed by atoms with Crippen molar-refractivity contribution in [2.45, 2.75) is 77.2 Å². The molecule has 4 rings (SSSR count). The van der Waals surface area contributed by atoms with E-state index in [4.69, 9.17) is 0 Å². The number of aryl methyl sites for hydroxylation is 1. The topological polar surface area (TPSA) is 75.2 Å². The molecule has 0 radical (unpaired) electrons. The van der Waals surface area contributed by atoms with E-state index in [0.717, 1.165) is 50.3 Å². The average molecular weight is 385 g/mol. The predicted molar refractivity (Wildman–Crippen MR) is 107 cm³/mol. The maximum absolute atomic E-state index is 12.9. The van der Waals surface area contributed by atoms with Crippen molar-refractivity contribution in [2.75, 3.05) is 13.1 Å². The van der Waals surface area contributed by atoms with Crippen LogP contribution in [0.5, 0.6) is 0 Å². The Morgan fingerprint density at radius 1 is 1.14 bits per heavy atom. The molecule has 0 aromatic carbocycles. The molecule has 0 unspecified atom stereocenters. The Hall–Kier alpha value is -1.98. The van der Waals surface area contributed by atoms with Gasteiger partial charge in [-0.3, -0.25) is 9.59 Å². The SMILES string of the molecule is Cc1ccc(C(=O)NC[C@]23CCC[C@H]2N(C(=O)CCC2CCCC2)CC3)nn1. The summed E-state index contributed by atoms with van der Waals surface area (Å²) in [4.78, 5) is 27.5. The lowest BCUT2D eigenvalue weighted by Gasteiger charge is -2.32. The second-order valence-electron chi connectivity index (χ2n) is 9.04. The third-order valence-corrected chi connectivity index (χ3v) is 7.28. The van der Waals surface area contributed by atoms with Gasteiger partial charge < -0.3 is 10.2 Å². The molecule has 1 N–H and O–H groups in total. The smallest absolute Gasteiger partial charge is 0.271 e. The number of rotatable bonds is 6. The summed E-state index contributed by atoms with van der Waals surface area (Å²) in [6, 6.07) is 3.81. The van der Waals surface area contributed by atoms with Crippen LogP contribution in [0.3, 0.4) is 0 Å². The Kier molecular flexibility index (Phi) is 5.65. The molecule has 2 heterocycles. The maximum Gasteiger partial charge on any atom is 0.271 e. The molecule has 3 fully saturated rings. The molecule has 0 spiro atoms. The molecule has 1 aromatic rings. The summed E-state index contributed by atoms with van der Waals surface area (Å²) in [5, 5.41) is 11.0. The van der Waals surface area contributed by atoms with Crippen LogP contribution in [0, 0.1) is 18.3 Å². The second kappa shape index (κ2) is 8.18. The fourth-order valence-corrected chi connectivity index (χ4v) is 5.63. The number of hydrogen-bond donors (Lipinski definition) is 1. The van der Waals surface area contributed by atoms with Crippen LogP contribution in [0.2, 0.25) is 0 Å². The Labute approximate surface area is 167 Å². The van der Waals surface area contributed by atoms with E-state index in [9.17, 15) is 9.59 Å². The largest absolute Gasteiger partial charge is 0.350 e. The normalized spacial score (nSPS) is 27.2. The van der Waals surface area contributed by atoms with E-state index in [-0.39, 0.29) is 17.4 Å². The number of carbonyl (C=O) groups excluding carboxylic acids is 2. The average Bonchev–Trinajstić information content (AvgIpc) is 3.41. The van der Waals surface area contributed by atoms with Gasteiger partial charge in [-0.25, -0.2) is 0 Å². The number of amides is 2. The molecule has 2 atom stereocenters. The monoisotopic (exact) mass is 384 g/mol. The third kappa shape index (κ3) is 3.91. The number of likely N-dealkylation sites (tertiary alicyclic amines) is 1. The zero-order valence-corrected chi connectivity index (χ0v) is 17.0. The zero-order chi connectivity index (χ0) is 19.6. The van der Waals surface area contributed by atoms with Crippen molar-refractivity contribution in [1.29, 1.82) is 0 Å². The number of nitrogens with one attached hydrogen (secondary N) is 1. The molecule has 152 valence electrons. The van der Waals surface area contributed by atoms with Gasteiger partial charge in [-0.15, -0.1) is 5.10 Å². The molecule has 2 saturated carbocycles. The van der Waals surface area contributed by atoms with Crippen molar-refractivity contribution in [1.82, 2.24) is 20.4 Å². The number of aromatic nitrogens is 2. The molecule has 1 aliphatic heterocycles. The molecule has 0 bridgehead atoms. The molecular weight excluding hydrogens is 352 g/mol. The van der Waals surface area contributed by atoms with Crippen molar-refractivity contribution < 1.29 is 9.59 Å². The molecule has 1 aromatic heterocycles. The van der Waals surface area contributed by atoms with E-state index < -0.39 is 0 Å². The van der Waals surface area contributed by atoms with Gasteiger partial charge in [-0.2, -0.15) is 5.10 Å². The Morgan fingerprint density at radius 3 is 2.71 bits per heavy atom. The van der Waals surface area contributed by atoms with Crippen LogP contribution < -0.4 is 5.32 Å². The summed E-state index contributed by atoms with van der Waals surface area (Å²) in [7, 11) is 0. The lowest BCUT2D eigenvalue weighted by molar-refractivity contribution is -0.133. The molecular formula is C22H32N4O2. The lowest BCUT2D eigenvalue weighted by atomic mass is 9.82. The number of nitrogens with zero attached hydrogens (tertiary/aromatic N) is 3. The van der Waals surface area contributed by atoms with Gasteiger partial charge in [0.25, 0.3) is 5.91 Å². The molecule has 6 heteroatoms. The van der Waals surface area contributed by atoms with Gasteiger partial charge in [0.2, 0.25) is 5.91 Å². The van der Waals surface area contributed by atoms with E-state index in [0.29, 0.717) is 24.6 Å². The van der Waals surface area contributed by atoms with Gasteiger partial charge in [0.05, 0.1) is 5.69 Å².